The number of piperazine rings is 1. The van der Waals surface area contributed by atoms with E-state index in [9.17, 15) is 4.79 Å². The van der Waals surface area contributed by atoms with Crippen LogP contribution in [0.2, 0.25) is 0 Å². The highest BCUT2D eigenvalue weighted by atomic mass is 79.9. The van der Waals surface area contributed by atoms with Crippen LogP contribution in [0.4, 0.5) is 5.82 Å². The van der Waals surface area contributed by atoms with Crippen LogP contribution in [0, 0.1) is 13.8 Å². The molecule has 2 aliphatic rings. The second-order valence-electron chi connectivity index (χ2n) is 7.57. The van der Waals surface area contributed by atoms with E-state index in [1.807, 2.05) is 18.3 Å². The van der Waals surface area contributed by atoms with E-state index in [0.717, 1.165) is 49.3 Å². The van der Waals surface area contributed by atoms with E-state index in [-0.39, 0.29) is 5.41 Å². The van der Waals surface area contributed by atoms with Crippen molar-refractivity contribution in [3.8, 4) is 0 Å². The molecule has 1 aromatic heterocycles. The highest BCUT2D eigenvalue weighted by molar-refractivity contribution is 9.10. The topological polar surface area (TPSA) is 36.4 Å². The van der Waals surface area contributed by atoms with E-state index in [1.54, 1.807) is 0 Å². The first kappa shape index (κ1) is 17.5. The molecule has 5 heteroatoms. The summed E-state index contributed by atoms with van der Waals surface area (Å²) in [6.45, 7) is 7.43. The largest absolute Gasteiger partial charge is 0.353 e. The molecule has 2 heterocycles. The van der Waals surface area contributed by atoms with Gasteiger partial charge >= 0.3 is 0 Å². The summed E-state index contributed by atoms with van der Waals surface area (Å²) in [7, 11) is 0. The Balaban J connectivity index is 1.46. The van der Waals surface area contributed by atoms with Crippen molar-refractivity contribution in [3.63, 3.8) is 0 Å². The molecule has 1 saturated heterocycles. The molecule has 0 atom stereocenters. The van der Waals surface area contributed by atoms with Gasteiger partial charge in [-0.3, -0.25) is 4.79 Å². The molecule has 0 radical (unpaired) electrons. The average molecular weight is 414 g/mol. The number of hydrogen-bond acceptors (Lipinski definition) is 3. The number of hydrogen-bond donors (Lipinski definition) is 0. The fraction of sp³-hybridized carbons (Fsp3) is 0.429. The van der Waals surface area contributed by atoms with Crippen LogP contribution in [0.5, 0.6) is 0 Å². The molecule has 1 aromatic carbocycles. The van der Waals surface area contributed by atoms with Gasteiger partial charge in [-0.25, -0.2) is 4.98 Å². The van der Waals surface area contributed by atoms with E-state index >= 15 is 0 Å². The predicted molar refractivity (Wildman–Crippen MR) is 108 cm³/mol. The summed E-state index contributed by atoms with van der Waals surface area (Å²) in [6, 6.07) is 10.6. The van der Waals surface area contributed by atoms with Crippen molar-refractivity contribution in [2.45, 2.75) is 32.1 Å². The van der Waals surface area contributed by atoms with Gasteiger partial charge in [0.05, 0.1) is 5.41 Å². The molecule has 1 saturated carbocycles. The van der Waals surface area contributed by atoms with Gasteiger partial charge in [0, 0.05) is 36.8 Å². The third-order valence-corrected chi connectivity index (χ3v) is 6.01. The van der Waals surface area contributed by atoms with Crippen LogP contribution in [0.25, 0.3) is 0 Å². The number of nitrogens with zero attached hydrogens (tertiary/aromatic N) is 3. The van der Waals surface area contributed by atoms with E-state index in [2.05, 4.69) is 62.8 Å². The first-order valence-electron chi connectivity index (χ1n) is 9.23. The average Bonchev–Trinajstić information content (AvgIpc) is 3.43. The third kappa shape index (κ3) is 3.25. The molecule has 4 nitrogen and oxygen atoms in total. The van der Waals surface area contributed by atoms with Gasteiger partial charge in [-0.1, -0.05) is 29.3 Å². The maximum atomic E-state index is 13.3. The fourth-order valence-electron chi connectivity index (χ4n) is 4.00. The zero-order valence-electron chi connectivity index (χ0n) is 15.3. The molecule has 1 amide bonds. The highest BCUT2D eigenvalue weighted by Gasteiger charge is 2.53. The molecule has 26 heavy (non-hydrogen) atoms. The van der Waals surface area contributed by atoms with Gasteiger partial charge in [0.1, 0.15) is 5.82 Å². The molecule has 0 bridgehead atoms. The van der Waals surface area contributed by atoms with Crippen LogP contribution in [-0.2, 0) is 10.2 Å². The molecule has 2 aromatic rings. The van der Waals surface area contributed by atoms with E-state index in [0.29, 0.717) is 5.91 Å². The summed E-state index contributed by atoms with van der Waals surface area (Å²) < 4.78 is 0.985. The number of aryl methyl sites for hydroxylation is 2. The number of anilines is 1. The monoisotopic (exact) mass is 413 g/mol. The summed E-state index contributed by atoms with van der Waals surface area (Å²) in [5.41, 5.74) is 3.42. The molecule has 136 valence electrons. The van der Waals surface area contributed by atoms with Crippen molar-refractivity contribution >= 4 is 27.7 Å². The van der Waals surface area contributed by atoms with Gasteiger partial charge in [0.25, 0.3) is 0 Å². The maximum Gasteiger partial charge on any atom is 0.233 e. The lowest BCUT2D eigenvalue weighted by molar-refractivity contribution is -0.134. The first-order valence-corrected chi connectivity index (χ1v) is 10.0. The van der Waals surface area contributed by atoms with Crippen LogP contribution < -0.4 is 4.90 Å². The summed E-state index contributed by atoms with van der Waals surface area (Å²) in [6.07, 6.45) is 3.78. The zero-order valence-corrected chi connectivity index (χ0v) is 16.9. The summed E-state index contributed by atoms with van der Waals surface area (Å²) in [5, 5.41) is 0. The summed E-state index contributed by atoms with van der Waals surface area (Å²) in [5.74, 6) is 1.29. The van der Waals surface area contributed by atoms with Crippen molar-refractivity contribution in [1.82, 2.24) is 9.88 Å². The number of carbonyl (C=O) groups excluding carboxylic acids is 1. The number of amides is 1. The number of aromatic nitrogens is 1. The molecular formula is C21H24BrN3O. The van der Waals surface area contributed by atoms with Gasteiger partial charge in [-0.2, -0.15) is 0 Å². The van der Waals surface area contributed by atoms with Crippen LogP contribution in [0.1, 0.15) is 29.5 Å². The standard InChI is InChI=1S/C21H24BrN3O/c1-15-11-16(2)13-17(12-15)21(5-6-21)20(26)25-9-7-24(8-10-25)19-4-3-18(22)14-23-19/h3-4,11-14H,5-10H2,1-2H3. The van der Waals surface area contributed by atoms with E-state index in [1.165, 1.54) is 16.7 Å². The minimum Gasteiger partial charge on any atom is -0.353 e. The van der Waals surface area contributed by atoms with E-state index in [4.69, 9.17) is 0 Å². The number of rotatable bonds is 3. The van der Waals surface area contributed by atoms with Crippen molar-refractivity contribution < 1.29 is 4.79 Å². The van der Waals surface area contributed by atoms with Gasteiger partial charge in [-0.15, -0.1) is 0 Å². The molecule has 2 fully saturated rings. The normalized spacial score (nSPS) is 18.7. The maximum absolute atomic E-state index is 13.3. The summed E-state index contributed by atoms with van der Waals surface area (Å²) in [4.78, 5) is 22.1. The Morgan fingerprint density at radius 3 is 2.23 bits per heavy atom. The van der Waals surface area contributed by atoms with Crippen LogP contribution in [-0.4, -0.2) is 42.0 Å². The lowest BCUT2D eigenvalue weighted by atomic mass is 9.91. The fourth-order valence-corrected chi connectivity index (χ4v) is 4.23. The molecule has 4 rings (SSSR count). The minimum atomic E-state index is -0.269. The Morgan fingerprint density at radius 2 is 1.69 bits per heavy atom. The second-order valence-corrected chi connectivity index (χ2v) is 8.49. The minimum absolute atomic E-state index is 0.269. The predicted octanol–water partition coefficient (Wildman–Crippen LogP) is 3.84. The molecule has 1 aliphatic heterocycles. The van der Waals surface area contributed by atoms with Crippen LogP contribution >= 0.6 is 15.9 Å². The van der Waals surface area contributed by atoms with Gasteiger partial charge in [0.2, 0.25) is 5.91 Å². The number of halogens is 1. The van der Waals surface area contributed by atoms with Gasteiger partial charge < -0.3 is 9.80 Å². The Kier molecular flexibility index (Phi) is 4.51. The van der Waals surface area contributed by atoms with Gasteiger partial charge in [-0.05, 0) is 60.3 Å². The number of carbonyl (C=O) groups is 1. The van der Waals surface area contributed by atoms with Crippen molar-refractivity contribution in [2.75, 3.05) is 31.1 Å². The Hall–Kier alpha value is -1.88. The van der Waals surface area contributed by atoms with Crippen LogP contribution in [0.15, 0.2) is 41.0 Å². The molecule has 0 spiro atoms. The first-order chi connectivity index (χ1) is 12.5. The smallest absolute Gasteiger partial charge is 0.233 e. The van der Waals surface area contributed by atoms with Crippen LogP contribution in [0.3, 0.4) is 0 Å². The Bertz CT molecular complexity index is 801. The molecule has 1 aliphatic carbocycles. The molecular weight excluding hydrogens is 390 g/mol. The van der Waals surface area contributed by atoms with Crippen molar-refractivity contribution in [2.24, 2.45) is 0 Å². The molecule has 0 unspecified atom stereocenters. The Morgan fingerprint density at radius 1 is 1.04 bits per heavy atom. The van der Waals surface area contributed by atoms with E-state index < -0.39 is 0 Å². The summed E-state index contributed by atoms with van der Waals surface area (Å²) >= 11 is 3.43. The SMILES string of the molecule is Cc1cc(C)cc(C2(C(=O)N3CCN(c4ccc(Br)cn4)CC3)CC2)c1. The van der Waals surface area contributed by atoms with Gasteiger partial charge in [0.15, 0.2) is 0 Å². The van der Waals surface area contributed by atoms with Crippen molar-refractivity contribution in [3.05, 3.63) is 57.7 Å². The second kappa shape index (κ2) is 6.69. The lowest BCUT2D eigenvalue weighted by Gasteiger charge is -2.37. The highest BCUT2D eigenvalue weighted by Crippen LogP contribution is 2.50. The zero-order chi connectivity index (χ0) is 18.3. The number of pyridine rings is 1. The van der Waals surface area contributed by atoms with Crippen molar-refractivity contribution in [1.29, 1.82) is 0 Å². The third-order valence-electron chi connectivity index (χ3n) is 5.54. The quantitative estimate of drug-likeness (QED) is 0.766. The molecule has 0 N–H and O–H groups in total. The Labute approximate surface area is 163 Å². The lowest BCUT2D eigenvalue weighted by Crippen LogP contribution is -2.51. The number of benzene rings is 1.